The molecule has 5 heteroatoms. The van der Waals surface area contributed by atoms with Crippen molar-refractivity contribution in [3.05, 3.63) is 0 Å². The van der Waals surface area contributed by atoms with Crippen molar-refractivity contribution >= 4 is 17.7 Å². The number of rotatable bonds is 3. The van der Waals surface area contributed by atoms with Crippen molar-refractivity contribution in [3.8, 4) is 6.07 Å². The Morgan fingerprint density at radius 2 is 2.44 bits per heavy atom. The monoisotopic (exact) mass is 171 g/mol. The fourth-order valence-corrected chi connectivity index (χ4v) is 0.552. The summed E-state index contributed by atoms with van der Waals surface area (Å²) in [4.78, 5) is 9.74. The first-order valence-electron chi connectivity index (χ1n) is 1.94. The second kappa shape index (κ2) is 8.95. The van der Waals surface area contributed by atoms with Crippen LogP contribution in [-0.4, -0.2) is 22.6 Å². The second-order valence-electron chi connectivity index (χ2n) is 1.04. The molecule has 0 rings (SSSR count). The zero-order valence-corrected chi connectivity index (χ0v) is 9.06. The quantitative estimate of drug-likeness (QED) is 0.375. The molecule has 0 heterocycles. The van der Waals surface area contributed by atoms with Crippen molar-refractivity contribution in [1.82, 2.24) is 0 Å². The third kappa shape index (κ3) is 12.2. The van der Waals surface area contributed by atoms with Crippen LogP contribution in [0.2, 0.25) is 0 Å². The maximum Gasteiger partial charge on any atom is 1.00 e. The number of nitrogens with zero attached hydrogens (tertiary/aromatic N) is 1. The van der Waals surface area contributed by atoms with Crippen molar-refractivity contribution in [1.29, 1.82) is 5.26 Å². The van der Waals surface area contributed by atoms with Crippen LogP contribution in [0.15, 0.2) is 0 Å². The van der Waals surface area contributed by atoms with Crippen LogP contribution in [0.3, 0.4) is 0 Å². The number of carboxylic acids is 1. The zero-order chi connectivity index (χ0) is 6.41. The summed E-state index contributed by atoms with van der Waals surface area (Å²) in [6.45, 7) is 0. The van der Waals surface area contributed by atoms with Gasteiger partial charge < -0.3 is 6.53 Å². The van der Waals surface area contributed by atoms with Gasteiger partial charge in [0.15, 0.2) is 0 Å². The average Bonchev–Trinajstić information content (AvgIpc) is 1.66. The molecule has 0 unspecified atom stereocenters. The number of carbonyl (C=O) groups is 1. The summed E-state index contributed by atoms with van der Waals surface area (Å²) in [5.74, 6) is -0.592. The van der Waals surface area contributed by atoms with Crippen molar-refractivity contribution < 1.29 is 62.7 Å². The van der Waals surface area contributed by atoms with Crippen LogP contribution in [-0.2, 0) is 4.79 Å². The number of carboxylic acid groups (broad SMARTS) is 1. The minimum absolute atomic E-state index is 0. The standard InChI is InChI=1S/C4H5NO2S.K.H/c5-1-2-8-3-4(6)7;;/h2-3H2,(H,6,7);;/q;+1;-1. The first-order valence-corrected chi connectivity index (χ1v) is 3.09. The molecule has 0 aliphatic heterocycles. The Kier molecular flexibility index (Phi) is 12.5. The summed E-state index contributed by atoms with van der Waals surface area (Å²) in [7, 11) is 0. The van der Waals surface area contributed by atoms with Crippen LogP contribution < -0.4 is 51.4 Å². The molecule has 0 aliphatic carbocycles. The molecule has 0 atom stereocenters. The molecule has 0 aromatic rings. The Morgan fingerprint density at radius 1 is 1.89 bits per heavy atom. The topological polar surface area (TPSA) is 61.1 Å². The minimum atomic E-state index is -0.870. The Balaban J connectivity index is -0.000000245. The molecule has 0 fully saturated rings. The number of thioether (sulfide) groups is 1. The van der Waals surface area contributed by atoms with Gasteiger partial charge in [-0.2, -0.15) is 5.26 Å². The van der Waals surface area contributed by atoms with Gasteiger partial charge in [0, 0.05) is 0 Å². The van der Waals surface area contributed by atoms with Crippen molar-refractivity contribution in [2.45, 2.75) is 0 Å². The van der Waals surface area contributed by atoms with E-state index in [1.54, 1.807) is 0 Å². The van der Waals surface area contributed by atoms with Crippen LogP contribution in [0.5, 0.6) is 0 Å². The largest absolute Gasteiger partial charge is 1.00 e. The fourth-order valence-electron chi connectivity index (χ4n) is 0.184. The molecule has 0 bridgehead atoms. The molecule has 0 amide bonds. The smallest absolute Gasteiger partial charge is 1.00 e. The van der Waals surface area contributed by atoms with Gasteiger partial charge in [0.05, 0.1) is 17.6 Å². The Hall–Kier alpha value is 0.946. The normalized spacial score (nSPS) is 7.00. The molecule has 0 aliphatic rings. The minimum Gasteiger partial charge on any atom is -1.00 e. The molecule has 0 aromatic carbocycles. The van der Waals surface area contributed by atoms with E-state index in [1.165, 1.54) is 0 Å². The summed E-state index contributed by atoms with van der Waals surface area (Å²) in [5, 5.41) is 15.9. The zero-order valence-electron chi connectivity index (χ0n) is 6.13. The summed E-state index contributed by atoms with van der Waals surface area (Å²) < 4.78 is 0. The molecule has 46 valence electrons. The third-order valence-electron chi connectivity index (χ3n) is 0.392. The van der Waals surface area contributed by atoms with Gasteiger partial charge in [0.2, 0.25) is 0 Å². The van der Waals surface area contributed by atoms with E-state index >= 15 is 0 Å². The molecular formula is C4H6KNO2S. The van der Waals surface area contributed by atoms with Gasteiger partial charge in [-0.3, -0.25) is 4.79 Å². The van der Waals surface area contributed by atoms with E-state index in [2.05, 4.69) is 0 Å². The van der Waals surface area contributed by atoms with Crippen LogP contribution in [0.25, 0.3) is 0 Å². The molecular weight excluding hydrogens is 165 g/mol. The maximum atomic E-state index is 9.74. The van der Waals surface area contributed by atoms with Gasteiger partial charge in [-0.1, -0.05) is 0 Å². The van der Waals surface area contributed by atoms with E-state index in [9.17, 15) is 4.79 Å². The average molecular weight is 171 g/mol. The number of aliphatic carboxylic acids is 1. The van der Waals surface area contributed by atoms with Crippen molar-refractivity contribution in [2.24, 2.45) is 0 Å². The second-order valence-corrected chi connectivity index (χ2v) is 2.03. The Bertz CT molecular complexity index is 127. The van der Waals surface area contributed by atoms with Crippen molar-refractivity contribution in [3.63, 3.8) is 0 Å². The molecule has 0 radical (unpaired) electrons. The summed E-state index contributed by atoms with van der Waals surface area (Å²) in [6.07, 6.45) is 0. The van der Waals surface area contributed by atoms with E-state index in [0.29, 0.717) is 0 Å². The van der Waals surface area contributed by atoms with E-state index in [0.717, 1.165) is 11.8 Å². The van der Waals surface area contributed by atoms with Crippen LogP contribution >= 0.6 is 11.8 Å². The van der Waals surface area contributed by atoms with Crippen LogP contribution in [0, 0.1) is 11.3 Å². The molecule has 0 saturated heterocycles. The first-order chi connectivity index (χ1) is 3.77. The van der Waals surface area contributed by atoms with E-state index in [4.69, 9.17) is 10.4 Å². The molecule has 9 heavy (non-hydrogen) atoms. The third-order valence-corrected chi connectivity index (χ3v) is 1.18. The molecule has 1 N–H and O–H groups in total. The maximum absolute atomic E-state index is 9.74. The van der Waals surface area contributed by atoms with Gasteiger partial charge in [-0.15, -0.1) is 11.8 Å². The summed E-state index contributed by atoms with van der Waals surface area (Å²) in [6, 6.07) is 1.82. The van der Waals surface area contributed by atoms with E-state index in [1.807, 2.05) is 6.07 Å². The molecule has 0 spiro atoms. The van der Waals surface area contributed by atoms with E-state index < -0.39 is 5.97 Å². The van der Waals surface area contributed by atoms with Gasteiger partial charge in [-0.25, -0.2) is 0 Å². The van der Waals surface area contributed by atoms with Gasteiger partial charge in [-0.05, 0) is 0 Å². The Morgan fingerprint density at radius 3 is 2.78 bits per heavy atom. The molecule has 0 saturated carbocycles. The van der Waals surface area contributed by atoms with Crippen molar-refractivity contribution in [2.75, 3.05) is 11.5 Å². The van der Waals surface area contributed by atoms with Gasteiger partial charge in [0.25, 0.3) is 0 Å². The Labute approximate surface area is 102 Å². The SMILES string of the molecule is N#CCSCC(=O)O.[H-].[K+]. The van der Waals surface area contributed by atoms with Gasteiger partial charge in [0.1, 0.15) is 0 Å². The number of hydrogen-bond acceptors (Lipinski definition) is 3. The van der Waals surface area contributed by atoms with Crippen LogP contribution in [0.1, 0.15) is 1.43 Å². The summed E-state index contributed by atoms with van der Waals surface area (Å²) in [5.41, 5.74) is 0. The first kappa shape index (κ1) is 12.6. The van der Waals surface area contributed by atoms with Gasteiger partial charge >= 0.3 is 57.4 Å². The predicted molar refractivity (Wildman–Crippen MR) is 31.7 cm³/mol. The van der Waals surface area contributed by atoms with E-state index in [-0.39, 0.29) is 64.3 Å². The predicted octanol–water partition coefficient (Wildman–Crippen LogP) is -2.56. The summed E-state index contributed by atoms with van der Waals surface area (Å²) >= 11 is 1.10. The molecule has 0 aromatic heterocycles. The molecule has 3 nitrogen and oxygen atoms in total. The number of nitriles is 1. The van der Waals surface area contributed by atoms with Crippen LogP contribution in [0.4, 0.5) is 0 Å². The number of hydrogen-bond donors (Lipinski definition) is 1. The fraction of sp³-hybridized carbons (Fsp3) is 0.500.